The fourth-order valence-corrected chi connectivity index (χ4v) is 1.50. The van der Waals surface area contributed by atoms with E-state index in [0.717, 1.165) is 10.9 Å². The Morgan fingerprint density at radius 2 is 2.20 bits per heavy atom. The molecule has 2 N–H and O–H groups in total. The molecular weight excluding hydrogens is 190 g/mol. The molecule has 1 atom stereocenters. The van der Waals surface area contributed by atoms with E-state index < -0.39 is 0 Å². The minimum Gasteiger partial charge on any atom is -0.475 e. The molecule has 2 rings (SSSR count). The SMILES string of the molecule is C[C@@H](N)COc1nn(C)c2ccccc12. The molecule has 0 fully saturated rings. The van der Waals surface area contributed by atoms with E-state index in [1.807, 2.05) is 42.9 Å². The van der Waals surface area contributed by atoms with Gasteiger partial charge in [0.25, 0.3) is 0 Å². The fraction of sp³-hybridized carbons (Fsp3) is 0.364. The first-order valence-electron chi connectivity index (χ1n) is 4.98. The van der Waals surface area contributed by atoms with Crippen LogP contribution >= 0.6 is 0 Å². The molecule has 80 valence electrons. The van der Waals surface area contributed by atoms with Crippen molar-refractivity contribution in [3.05, 3.63) is 24.3 Å². The Labute approximate surface area is 88.6 Å². The van der Waals surface area contributed by atoms with Crippen molar-refractivity contribution in [1.82, 2.24) is 9.78 Å². The number of para-hydroxylation sites is 1. The van der Waals surface area contributed by atoms with Gasteiger partial charge in [-0.05, 0) is 19.1 Å². The Morgan fingerprint density at radius 3 is 2.93 bits per heavy atom. The van der Waals surface area contributed by atoms with Crippen molar-refractivity contribution >= 4 is 10.9 Å². The molecule has 0 spiro atoms. The van der Waals surface area contributed by atoms with E-state index in [1.54, 1.807) is 0 Å². The molecule has 0 aliphatic heterocycles. The Morgan fingerprint density at radius 1 is 1.47 bits per heavy atom. The molecule has 0 aliphatic carbocycles. The summed E-state index contributed by atoms with van der Waals surface area (Å²) in [6.07, 6.45) is 0. The second kappa shape index (κ2) is 3.90. The molecule has 1 aromatic heterocycles. The zero-order valence-electron chi connectivity index (χ0n) is 8.97. The maximum absolute atomic E-state index is 5.63. The number of nitrogens with zero attached hydrogens (tertiary/aromatic N) is 2. The third-order valence-electron chi connectivity index (χ3n) is 2.21. The summed E-state index contributed by atoms with van der Waals surface area (Å²) < 4.78 is 7.36. The van der Waals surface area contributed by atoms with Crippen LogP contribution in [0.25, 0.3) is 10.9 Å². The molecule has 0 aliphatic rings. The Kier molecular flexibility index (Phi) is 2.60. The second-order valence-electron chi connectivity index (χ2n) is 3.73. The Balaban J connectivity index is 2.35. The lowest BCUT2D eigenvalue weighted by Gasteiger charge is -2.05. The highest BCUT2D eigenvalue weighted by atomic mass is 16.5. The lowest BCUT2D eigenvalue weighted by Crippen LogP contribution is -2.23. The lowest BCUT2D eigenvalue weighted by atomic mass is 10.2. The summed E-state index contributed by atoms with van der Waals surface area (Å²) in [5.74, 6) is 0.658. The summed E-state index contributed by atoms with van der Waals surface area (Å²) in [6, 6.07) is 7.99. The van der Waals surface area contributed by atoms with Gasteiger partial charge in [0, 0.05) is 13.1 Å². The molecule has 1 heterocycles. The number of hydrogen-bond acceptors (Lipinski definition) is 3. The molecular formula is C11H15N3O. The minimum absolute atomic E-state index is 0.0192. The normalized spacial score (nSPS) is 13.0. The Bertz CT molecular complexity index is 462. The number of fused-ring (bicyclic) bond motifs is 1. The van der Waals surface area contributed by atoms with Gasteiger partial charge in [-0.1, -0.05) is 12.1 Å². The van der Waals surface area contributed by atoms with Gasteiger partial charge in [0.05, 0.1) is 10.9 Å². The van der Waals surface area contributed by atoms with Crippen LogP contribution in [0.4, 0.5) is 0 Å². The van der Waals surface area contributed by atoms with Crippen LogP contribution in [-0.2, 0) is 7.05 Å². The van der Waals surface area contributed by atoms with E-state index in [1.165, 1.54) is 0 Å². The number of aromatic nitrogens is 2. The molecule has 2 aromatic rings. The average molecular weight is 205 g/mol. The number of aryl methyl sites for hydroxylation is 1. The first-order chi connectivity index (χ1) is 7.18. The van der Waals surface area contributed by atoms with E-state index in [2.05, 4.69) is 5.10 Å². The van der Waals surface area contributed by atoms with E-state index >= 15 is 0 Å². The molecule has 0 amide bonds. The number of benzene rings is 1. The van der Waals surface area contributed by atoms with Gasteiger partial charge >= 0.3 is 0 Å². The molecule has 15 heavy (non-hydrogen) atoms. The molecule has 0 saturated heterocycles. The van der Waals surface area contributed by atoms with Crippen LogP contribution in [0.1, 0.15) is 6.92 Å². The monoisotopic (exact) mass is 205 g/mol. The van der Waals surface area contributed by atoms with Crippen molar-refractivity contribution in [1.29, 1.82) is 0 Å². The van der Waals surface area contributed by atoms with Crippen molar-refractivity contribution < 1.29 is 4.74 Å². The molecule has 0 radical (unpaired) electrons. The first-order valence-corrected chi connectivity index (χ1v) is 4.98. The van der Waals surface area contributed by atoms with Gasteiger partial charge in [0.2, 0.25) is 5.88 Å². The van der Waals surface area contributed by atoms with Gasteiger partial charge in [0.15, 0.2) is 0 Å². The molecule has 1 aromatic carbocycles. The smallest absolute Gasteiger partial charge is 0.240 e. The van der Waals surface area contributed by atoms with Gasteiger partial charge in [0.1, 0.15) is 6.61 Å². The third kappa shape index (κ3) is 1.94. The number of rotatable bonds is 3. The van der Waals surface area contributed by atoms with Gasteiger partial charge in [-0.3, -0.25) is 4.68 Å². The largest absolute Gasteiger partial charge is 0.475 e. The van der Waals surface area contributed by atoms with Gasteiger partial charge in [-0.15, -0.1) is 5.10 Å². The van der Waals surface area contributed by atoms with Gasteiger partial charge in [-0.2, -0.15) is 0 Å². The predicted octanol–water partition coefficient (Wildman–Crippen LogP) is 1.30. The van der Waals surface area contributed by atoms with Crippen LogP contribution in [0.15, 0.2) is 24.3 Å². The topological polar surface area (TPSA) is 53.1 Å². The van der Waals surface area contributed by atoms with E-state index in [-0.39, 0.29) is 6.04 Å². The molecule has 0 bridgehead atoms. The second-order valence-corrected chi connectivity index (χ2v) is 3.73. The van der Waals surface area contributed by atoms with Crippen LogP contribution in [0.3, 0.4) is 0 Å². The summed E-state index contributed by atoms with van der Waals surface area (Å²) >= 11 is 0. The number of hydrogen-bond donors (Lipinski definition) is 1. The average Bonchev–Trinajstić information content (AvgIpc) is 2.54. The van der Waals surface area contributed by atoms with Crippen molar-refractivity contribution in [3.63, 3.8) is 0 Å². The van der Waals surface area contributed by atoms with Crippen molar-refractivity contribution in [2.75, 3.05) is 6.61 Å². The lowest BCUT2D eigenvalue weighted by molar-refractivity contribution is 0.285. The predicted molar refractivity (Wildman–Crippen MR) is 59.9 cm³/mol. The highest BCUT2D eigenvalue weighted by Crippen LogP contribution is 2.23. The zero-order valence-corrected chi connectivity index (χ0v) is 8.97. The third-order valence-corrected chi connectivity index (χ3v) is 2.21. The Hall–Kier alpha value is -1.55. The first kappa shape index (κ1) is 9.98. The molecule has 4 nitrogen and oxygen atoms in total. The van der Waals surface area contributed by atoms with Gasteiger partial charge < -0.3 is 10.5 Å². The van der Waals surface area contributed by atoms with Crippen molar-refractivity contribution in [3.8, 4) is 5.88 Å². The number of ether oxygens (including phenoxy) is 1. The highest BCUT2D eigenvalue weighted by molar-refractivity contribution is 5.84. The van der Waals surface area contributed by atoms with Crippen LogP contribution in [0.5, 0.6) is 5.88 Å². The van der Waals surface area contributed by atoms with Gasteiger partial charge in [-0.25, -0.2) is 0 Å². The van der Waals surface area contributed by atoms with Crippen LogP contribution in [0, 0.1) is 0 Å². The molecule has 0 unspecified atom stereocenters. The molecule has 0 saturated carbocycles. The molecule has 4 heteroatoms. The van der Waals surface area contributed by atoms with Crippen LogP contribution < -0.4 is 10.5 Å². The quantitative estimate of drug-likeness (QED) is 0.821. The van der Waals surface area contributed by atoms with Crippen LogP contribution in [0.2, 0.25) is 0 Å². The summed E-state index contributed by atoms with van der Waals surface area (Å²) in [5.41, 5.74) is 6.70. The maximum atomic E-state index is 5.63. The standard InChI is InChI=1S/C11H15N3O/c1-8(12)7-15-11-9-5-3-4-6-10(9)14(2)13-11/h3-6,8H,7,12H2,1-2H3/t8-/m1/s1. The number of nitrogens with two attached hydrogens (primary N) is 1. The fourth-order valence-electron chi connectivity index (χ4n) is 1.50. The van der Waals surface area contributed by atoms with E-state index in [9.17, 15) is 0 Å². The minimum atomic E-state index is 0.0192. The summed E-state index contributed by atoms with van der Waals surface area (Å²) in [4.78, 5) is 0. The maximum Gasteiger partial charge on any atom is 0.240 e. The van der Waals surface area contributed by atoms with Crippen LogP contribution in [-0.4, -0.2) is 22.4 Å². The summed E-state index contributed by atoms with van der Waals surface area (Å²) in [7, 11) is 1.90. The van der Waals surface area contributed by atoms with E-state index in [4.69, 9.17) is 10.5 Å². The summed E-state index contributed by atoms with van der Waals surface area (Å²) in [5, 5.41) is 5.33. The van der Waals surface area contributed by atoms with E-state index in [0.29, 0.717) is 12.5 Å². The van der Waals surface area contributed by atoms with Crippen molar-refractivity contribution in [2.45, 2.75) is 13.0 Å². The zero-order chi connectivity index (χ0) is 10.8. The highest BCUT2D eigenvalue weighted by Gasteiger charge is 2.08. The van der Waals surface area contributed by atoms with Crippen molar-refractivity contribution in [2.24, 2.45) is 12.8 Å². The summed E-state index contributed by atoms with van der Waals surface area (Å²) in [6.45, 7) is 2.39.